The van der Waals surface area contributed by atoms with E-state index in [0.717, 1.165) is 32.4 Å². The van der Waals surface area contributed by atoms with Crippen molar-refractivity contribution in [1.29, 1.82) is 0 Å². The molecule has 114 valence electrons. The average Bonchev–Trinajstić information content (AvgIpc) is 3.12. The Kier molecular flexibility index (Phi) is 4.99. The smallest absolute Gasteiger partial charge is 0.326 e. The van der Waals surface area contributed by atoms with Gasteiger partial charge in [0.05, 0.1) is 0 Å². The van der Waals surface area contributed by atoms with E-state index in [1.165, 1.54) is 0 Å². The minimum atomic E-state index is -0.963. The van der Waals surface area contributed by atoms with Gasteiger partial charge < -0.3 is 20.5 Å². The number of carbonyl (C=O) groups is 2. The highest BCUT2D eigenvalue weighted by atomic mass is 16.5. The highest BCUT2D eigenvalue weighted by Gasteiger charge is 2.57. The molecule has 2 unspecified atom stereocenters. The number of piperidine rings is 1. The fourth-order valence-corrected chi connectivity index (χ4v) is 3.16. The Balaban J connectivity index is 1.81. The van der Waals surface area contributed by atoms with Gasteiger partial charge in [0, 0.05) is 19.6 Å². The Morgan fingerprint density at radius 3 is 2.75 bits per heavy atom. The molecule has 1 saturated carbocycles. The van der Waals surface area contributed by atoms with Gasteiger partial charge in [-0.1, -0.05) is 0 Å². The third-order valence-corrected chi connectivity index (χ3v) is 4.56. The number of aliphatic carboxylic acids is 1. The van der Waals surface area contributed by atoms with Crippen molar-refractivity contribution in [1.82, 2.24) is 10.6 Å². The van der Waals surface area contributed by atoms with E-state index in [1.807, 2.05) is 0 Å². The Morgan fingerprint density at radius 2 is 2.15 bits per heavy atom. The van der Waals surface area contributed by atoms with Crippen molar-refractivity contribution in [2.45, 2.75) is 38.1 Å². The van der Waals surface area contributed by atoms with E-state index >= 15 is 0 Å². The van der Waals surface area contributed by atoms with E-state index in [0.29, 0.717) is 19.4 Å². The first-order valence-electron chi connectivity index (χ1n) is 7.32. The van der Waals surface area contributed by atoms with Gasteiger partial charge in [0.2, 0.25) is 5.91 Å². The molecule has 1 spiro atoms. The zero-order chi connectivity index (χ0) is 14.6. The van der Waals surface area contributed by atoms with Gasteiger partial charge in [0.1, 0.15) is 6.04 Å². The lowest BCUT2D eigenvalue weighted by Crippen LogP contribution is -2.43. The molecule has 2 atom stereocenters. The molecule has 1 aliphatic heterocycles. The van der Waals surface area contributed by atoms with E-state index in [-0.39, 0.29) is 17.2 Å². The van der Waals surface area contributed by atoms with E-state index in [2.05, 4.69) is 10.6 Å². The number of carbonyl (C=O) groups excluding carboxylic acids is 1. The molecule has 2 aliphatic rings. The van der Waals surface area contributed by atoms with Gasteiger partial charge in [-0.2, -0.15) is 0 Å². The molecule has 1 amide bonds. The van der Waals surface area contributed by atoms with Gasteiger partial charge in [-0.15, -0.1) is 0 Å². The number of carboxylic acid groups (broad SMARTS) is 1. The lowest BCUT2D eigenvalue weighted by molar-refractivity contribution is -0.142. The van der Waals surface area contributed by atoms with Gasteiger partial charge in [-0.25, -0.2) is 4.79 Å². The monoisotopic (exact) mass is 284 g/mol. The maximum atomic E-state index is 12.2. The topological polar surface area (TPSA) is 87.7 Å². The number of rotatable bonds is 7. The SMILES string of the molecule is COCCCC(NC(=O)C1CC12CCNCC2)C(=O)O. The highest BCUT2D eigenvalue weighted by Crippen LogP contribution is 2.58. The minimum Gasteiger partial charge on any atom is -0.480 e. The second kappa shape index (κ2) is 6.54. The molecule has 0 aromatic rings. The molecule has 1 aliphatic carbocycles. The molecule has 0 aromatic carbocycles. The summed E-state index contributed by atoms with van der Waals surface area (Å²) >= 11 is 0. The lowest BCUT2D eigenvalue weighted by Gasteiger charge is -2.23. The first kappa shape index (κ1) is 15.3. The summed E-state index contributed by atoms with van der Waals surface area (Å²) in [4.78, 5) is 23.4. The second-order valence-electron chi connectivity index (χ2n) is 5.90. The van der Waals surface area contributed by atoms with Crippen LogP contribution < -0.4 is 10.6 Å². The largest absolute Gasteiger partial charge is 0.480 e. The summed E-state index contributed by atoms with van der Waals surface area (Å²) in [5, 5.41) is 15.1. The molecule has 20 heavy (non-hydrogen) atoms. The predicted octanol–water partition coefficient (Wildman–Crippen LogP) is 0.372. The highest BCUT2D eigenvalue weighted by molar-refractivity contribution is 5.87. The summed E-state index contributed by atoms with van der Waals surface area (Å²) in [6.45, 7) is 2.43. The van der Waals surface area contributed by atoms with Crippen LogP contribution in [0, 0.1) is 11.3 Å². The molecule has 2 rings (SSSR count). The molecule has 6 nitrogen and oxygen atoms in total. The zero-order valence-corrected chi connectivity index (χ0v) is 12.0. The lowest BCUT2D eigenvalue weighted by atomic mass is 9.91. The summed E-state index contributed by atoms with van der Waals surface area (Å²) < 4.78 is 4.91. The number of amides is 1. The predicted molar refractivity (Wildman–Crippen MR) is 73.3 cm³/mol. The van der Waals surface area contributed by atoms with Crippen molar-refractivity contribution in [3.8, 4) is 0 Å². The van der Waals surface area contributed by atoms with Crippen LogP contribution >= 0.6 is 0 Å². The van der Waals surface area contributed by atoms with Crippen LogP contribution in [0.3, 0.4) is 0 Å². The maximum Gasteiger partial charge on any atom is 0.326 e. The minimum absolute atomic E-state index is 0.00822. The van der Waals surface area contributed by atoms with Crippen molar-refractivity contribution in [2.24, 2.45) is 11.3 Å². The summed E-state index contributed by atoms with van der Waals surface area (Å²) in [6, 6.07) is -0.794. The number of hydrogen-bond donors (Lipinski definition) is 3. The van der Waals surface area contributed by atoms with Crippen molar-refractivity contribution >= 4 is 11.9 Å². The van der Waals surface area contributed by atoms with Crippen LogP contribution in [0.4, 0.5) is 0 Å². The van der Waals surface area contributed by atoms with E-state index in [9.17, 15) is 9.59 Å². The van der Waals surface area contributed by atoms with Gasteiger partial charge in [-0.05, 0) is 50.6 Å². The quantitative estimate of drug-likeness (QED) is 0.588. The standard InChI is InChI=1S/C14H24N2O4/c1-20-8-2-3-11(13(18)19)16-12(17)10-9-14(10)4-6-15-7-5-14/h10-11,15H,2-9H2,1H3,(H,16,17)(H,18,19). The summed E-state index contributed by atoms with van der Waals surface area (Å²) in [5.41, 5.74) is 0.144. The number of methoxy groups -OCH3 is 1. The molecule has 0 radical (unpaired) electrons. The van der Waals surface area contributed by atoms with E-state index < -0.39 is 12.0 Å². The first-order chi connectivity index (χ1) is 9.59. The Morgan fingerprint density at radius 1 is 1.45 bits per heavy atom. The Labute approximate surface area is 119 Å². The number of nitrogens with one attached hydrogen (secondary N) is 2. The van der Waals surface area contributed by atoms with Crippen LogP contribution in [-0.4, -0.2) is 49.8 Å². The summed E-state index contributed by atoms with van der Waals surface area (Å²) in [5.74, 6) is -1.04. The van der Waals surface area contributed by atoms with E-state index in [1.54, 1.807) is 7.11 Å². The molecule has 0 aromatic heterocycles. The van der Waals surface area contributed by atoms with Gasteiger partial charge in [-0.3, -0.25) is 4.79 Å². The first-order valence-corrected chi connectivity index (χ1v) is 7.32. The molecule has 2 fully saturated rings. The normalized spacial score (nSPS) is 25.1. The molecule has 6 heteroatoms. The fraction of sp³-hybridized carbons (Fsp3) is 0.857. The van der Waals surface area contributed by atoms with Crippen molar-refractivity contribution in [2.75, 3.05) is 26.8 Å². The second-order valence-corrected chi connectivity index (χ2v) is 5.90. The van der Waals surface area contributed by atoms with Crippen LogP contribution in [0.15, 0.2) is 0 Å². The summed E-state index contributed by atoms with van der Waals surface area (Å²) in [6.07, 6.45) is 3.99. The van der Waals surface area contributed by atoms with Crippen LogP contribution in [0.25, 0.3) is 0 Å². The zero-order valence-electron chi connectivity index (χ0n) is 12.0. The number of ether oxygens (including phenoxy) is 1. The third-order valence-electron chi connectivity index (χ3n) is 4.56. The average molecular weight is 284 g/mol. The van der Waals surface area contributed by atoms with Crippen molar-refractivity contribution < 1.29 is 19.4 Å². The number of hydrogen-bond acceptors (Lipinski definition) is 4. The van der Waals surface area contributed by atoms with Crippen molar-refractivity contribution in [3.05, 3.63) is 0 Å². The molecule has 1 heterocycles. The van der Waals surface area contributed by atoms with Gasteiger partial charge in [0.25, 0.3) is 0 Å². The molecule has 1 saturated heterocycles. The van der Waals surface area contributed by atoms with Crippen LogP contribution in [0.1, 0.15) is 32.1 Å². The van der Waals surface area contributed by atoms with Gasteiger partial charge >= 0.3 is 5.97 Å². The van der Waals surface area contributed by atoms with Crippen molar-refractivity contribution in [3.63, 3.8) is 0 Å². The molecular weight excluding hydrogens is 260 g/mol. The fourth-order valence-electron chi connectivity index (χ4n) is 3.16. The molecular formula is C14H24N2O4. The van der Waals surface area contributed by atoms with Crippen LogP contribution in [-0.2, 0) is 14.3 Å². The third kappa shape index (κ3) is 3.49. The van der Waals surface area contributed by atoms with Crippen LogP contribution in [0.5, 0.6) is 0 Å². The Bertz CT molecular complexity index is 366. The molecule has 3 N–H and O–H groups in total. The molecule has 0 bridgehead atoms. The van der Waals surface area contributed by atoms with Gasteiger partial charge in [0.15, 0.2) is 0 Å². The van der Waals surface area contributed by atoms with Crippen LogP contribution in [0.2, 0.25) is 0 Å². The Hall–Kier alpha value is -1.14. The number of carboxylic acids is 1. The maximum absolute atomic E-state index is 12.2. The van der Waals surface area contributed by atoms with E-state index in [4.69, 9.17) is 9.84 Å². The summed E-state index contributed by atoms with van der Waals surface area (Å²) in [7, 11) is 1.58.